The van der Waals surface area contributed by atoms with Crippen LogP contribution in [0.3, 0.4) is 0 Å². The Kier molecular flexibility index (Phi) is 2.40. The van der Waals surface area contributed by atoms with Crippen LogP contribution >= 0.6 is 0 Å². The van der Waals surface area contributed by atoms with Crippen molar-refractivity contribution in [2.24, 2.45) is 28.6 Å². The molecule has 5 fully saturated rings. The molecule has 4 saturated carbocycles. The Morgan fingerprint density at radius 2 is 1.82 bits per heavy atom. The fourth-order valence-electron chi connectivity index (χ4n) is 7.34. The molecule has 22 heavy (non-hydrogen) atoms. The standard InChI is InChI=1S/C19H26O3/c1-17-9-7-13-11(12(17)5-6-14(17)20)10-16-19(22-16)15(21)4-3-8-18(13,19)2/h11-13,16H,3-10H2,1-2H3/t11-,12-,13-,16+,17-,18+,19+/m0/s1. The zero-order chi connectivity index (χ0) is 15.3. The predicted octanol–water partition coefficient (Wildman–Crippen LogP) is 3.30. The van der Waals surface area contributed by atoms with Gasteiger partial charge in [-0.25, -0.2) is 0 Å². The topological polar surface area (TPSA) is 46.7 Å². The van der Waals surface area contributed by atoms with E-state index in [0.29, 0.717) is 35.7 Å². The van der Waals surface area contributed by atoms with E-state index in [1.807, 2.05) is 0 Å². The van der Waals surface area contributed by atoms with Crippen molar-refractivity contribution in [3.63, 3.8) is 0 Å². The smallest absolute Gasteiger partial charge is 0.167 e. The summed E-state index contributed by atoms with van der Waals surface area (Å²) in [7, 11) is 0. The molecule has 3 heteroatoms. The Morgan fingerprint density at radius 1 is 1.00 bits per heavy atom. The lowest BCUT2D eigenvalue weighted by Gasteiger charge is -2.57. The maximum atomic E-state index is 12.6. The average Bonchev–Trinajstić information content (AvgIpc) is 3.13. The molecule has 0 radical (unpaired) electrons. The van der Waals surface area contributed by atoms with Crippen molar-refractivity contribution in [2.45, 2.75) is 76.9 Å². The van der Waals surface area contributed by atoms with Gasteiger partial charge in [0.1, 0.15) is 5.78 Å². The number of ether oxygens (including phenoxy) is 1. The zero-order valence-corrected chi connectivity index (χ0v) is 13.7. The first kappa shape index (κ1) is 13.7. The first-order valence-electron chi connectivity index (χ1n) is 9.18. The summed E-state index contributed by atoms with van der Waals surface area (Å²) in [6.07, 6.45) is 8.04. The Morgan fingerprint density at radius 3 is 2.64 bits per heavy atom. The maximum absolute atomic E-state index is 12.6. The number of rotatable bonds is 0. The Labute approximate surface area is 132 Å². The molecule has 1 saturated heterocycles. The molecule has 1 spiro atoms. The second-order valence-electron chi connectivity index (χ2n) is 9.07. The van der Waals surface area contributed by atoms with Gasteiger partial charge in [-0.05, 0) is 56.3 Å². The SMILES string of the molecule is C[C@]12CC[C@H]3[C@@H](C[C@H]4O[C@]45C(=O)CCC[C@]35C)[C@@H]1CCC2=O. The highest BCUT2D eigenvalue weighted by Gasteiger charge is 2.78. The molecule has 120 valence electrons. The summed E-state index contributed by atoms with van der Waals surface area (Å²) < 4.78 is 6.15. The van der Waals surface area contributed by atoms with E-state index in [-0.39, 0.29) is 16.9 Å². The zero-order valence-electron chi connectivity index (χ0n) is 13.7. The number of hydrogen-bond donors (Lipinski definition) is 0. The molecular formula is C19H26O3. The van der Waals surface area contributed by atoms with Crippen LogP contribution in [0.25, 0.3) is 0 Å². The number of hydrogen-bond acceptors (Lipinski definition) is 3. The largest absolute Gasteiger partial charge is 0.357 e. The summed E-state index contributed by atoms with van der Waals surface area (Å²) in [5.41, 5.74) is -0.475. The predicted molar refractivity (Wildman–Crippen MR) is 81.2 cm³/mol. The molecule has 0 bridgehead atoms. The molecular weight excluding hydrogens is 276 g/mol. The minimum atomic E-state index is -0.428. The van der Waals surface area contributed by atoms with Crippen LogP contribution in [0.15, 0.2) is 0 Å². The normalized spacial score (nSPS) is 59.4. The fourth-order valence-corrected chi connectivity index (χ4v) is 7.34. The fraction of sp³-hybridized carbons (Fsp3) is 0.895. The van der Waals surface area contributed by atoms with Crippen molar-refractivity contribution >= 4 is 11.6 Å². The highest BCUT2D eigenvalue weighted by atomic mass is 16.6. The van der Waals surface area contributed by atoms with Crippen LogP contribution in [-0.4, -0.2) is 23.3 Å². The van der Waals surface area contributed by atoms with Crippen LogP contribution in [0.1, 0.15) is 65.2 Å². The van der Waals surface area contributed by atoms with Gasteiger partial charge in [-0.1, -0.05) is 13.8 Å². The van der Waals surface area contributed by atoms with E-state index in [1.54, 1.807) is 0 Å². The van der Waals surface area contributed by atoms with Crippen LogP contribution < -0.4 is 0 Å². The minimum absolute atomic E-state index is 0.0306. The first-order valence-corrected chi connectivity index (χ1v) is 9.18. The van der Waals surface area contributed by atoms with Gasteiger partial charge in [0, 0.05) is 23.7 Å². The van der Waals surface area contributed by atoms with Crippen LogP contribution in [0.5, 0.6) is 0 Å². The molecule has 0 aromatic carbocycles. The Balaban J connectivity index is 1.56. The number of carbonyl (C=O) groups is 2. The summed E-state index contributed by atoms with van der Waals surface area (Å²) in [5.74, 6) is 2.59. The van der Waals surface area contributed by atoms with Gasteiger partial charge in [0.2, 0.25) is 0 Å². The van der Waals surface area contributed by atoms with Gasteiger partial charge in [0.05, 0.1) is 6.10 Å². The molecule has 0 aromatic rings. The molecule has 4 aliphatic carbocycles. The third kappa shape index (κ3) is 1.27. The van der Waals surface area contributed by atoms with Gasteiger partial charge in [-0.2, -0.15) is 0 Å². The van der Waals surface area contributed by atoms with Gasteiger partial charge in [-0.3, -0.25) is 9.59 Å². The van der Waals surface area contributed by atoms with Crippen LogP contribution in [-0.2, 0) is 14.3 Å². The Bertz CT molecular complexity index is 583. The molecule has 5 rings (SSSR count). The number of ketones is 2. The van der Waals surface area contributed by atoms with E-state index in [4.69, 9.17) is 4.74 Å². The molecule has 5 aliphatic rings. The van der Waals surface area contributed by atoms with Gasteiger partial charge in [0.25, 0.3) is 0 Å². The second kappa shape index (κ2) is 3.85. The van der Waals surface area contributed by atoms with Crippen LogP contribution in [0.2, 0.25) is 0 Å². The number of epoxide rings is 1. The van der Waals surface area contributed by atoms with E-state index in [2.05, 4.69) is 13.8 Å². The molecule has 1 heterocycles. The third-order valence-corrected chi connectivity index (χ3v) is 8.54. The molecule has 0 amide bonds. The van der Waals surface area contributed by atoms with Crippen molar-refractivity contribution < 1.29 is 14.3 Å². The summed E-state index contributed by atoms with van der Waals surface area (Å²) >= 11 is 0. The lowest BCUT2D eigenvalue weighted by Crippen LogP contribution is -2.60. The first-order chi connectivity index (χ1) is 10.4. The average molecular weight is 302 g/mol. The second-order valence-corrected chi connectivity index (χ2v) is 9.07. The van der Waals surface area contributed by atoms with E-state index in [9.17, 15) is 9.59 Å². The molecule has 0 aromatic heterocycles. The van der Waals surface area contributed by atoms with Gasteiger partial charge < -0.3 is 4.74 Å². The van der Waals surface area contributed by atoms with Crippen molar-refractivity contribution in [1.29, 1.82) is 0 Å². The molecule has 7 atom stereocenters. The van der Waals surface area contributed by atoms with Crippen LogP contribution in [0, 0.1) is 28.6 Å². The Hall–Kier alpha value is -0.700. The van der Waals surface area contributed by atoms with Crippen molar-refractivity contribution in [3.8, 4) is 0 Å². The van der Waals surface area contributed by atoms with E-state index >= 15 is 0 Å². The third-order valence-electron chi connectivity index (χ3n) is 8.54. The molecule has 1 aliphatic heterocycles. The van der Waals surface area contributed by atoms with Crippen molar-refractivity contribution in [2.75, 3.05) is 0 Å². The molecule has 0 unspecified atom stereocenters. The lowest BCUT2D eigenvalue weighted by atomic mass is 9.45. The van der Waals surface area contributed by atoms with Gasteiger partial charge in [-0.15, -0.1) is 0 Å². The lowest BCUT2D eigenvalue weighted by molar-refractivity contribution is -0.147. The van der Waals surface area contributed by atoms with Crippen molar-refractivity contribution in [1.82, 2.24) is 0 Å². The quantitative estimate of drug-likeness (QED) is 0.645. The molecule has 3 nitrogen and oxygen atoms in total. The summed E-state index contributed by atoms with van der Waals surface area (Å²) in [6.45, 7) is 4.55. The number of fused-ring (bicyclic) bond motifs is 4. The van der Waals surface area contributed by atoms with E-state index < -0.39 is 5.60 Å². The van der Waals surface area contributed by atoms with Gasteiger partial charge >= 0.3 is 0 Å². The summed E-state index contributed by atoms with van der Waals surface area (Å²) in [4.78, 5) is 25.1. The van der Waals surface area contributed by atoms with E-state index in [1.165, 1.54) is 0 Å². The maximum Gasteiger partial charge on any atom is 0.167 e. The van der Waals surface area contributed by atoms with Crippen LogP contribution in [0.4, 0.5) is 0 Å². The van der Waals surface area contributed by atoms with Crippen molar-refractivity contribution in [3.05, 3.63) is 0 Å². The van der Waals surface area contributed by atoms with E-state index in [0.717, 1.165) is 44.9 Å². The highest BCUT2D eigenvalue weighted by molar-refractivity contribution is 5.93. The summed E-state index contributed by atoms with van der Waals surface area (Å²) in [5, 5.41) is 0. The monoisotopic (exact) mass is 302 g/mol. The minimum Gasteiger partial charge on any atom is -0.357 e. The van der Waals surface area contributed by atoms with Gasteiger partial charge in [0.15, 0.2) is 11.4 Å². The molecule has 0 N–H and O–H groups in total. The number of Topliss-reactive ketones (excluding diaryl/α,β-unsaturated/α-hetero) is 2. The number of carbonyl (C=O) groups excluding carboxylic acids is 2. The summed E-state index contributed by atoms with van der Waals surface area (Å²) in [6, 6.07) is 0. The highest BCUT2D eigenvalue weighted by Crippen LogP contribution is 2.72.